The van der Waals surface area contributed by atoms with Gasteiger partial charge < -0.3 is 9.84 Å². The van der Waals surface area contributed by atoms with Gasteiger partial charge in [-0.15, -0.1) is 0 Å². The van der Waals surface area contributed by atoms with Gasteiger partial charge in [0.1, 0.15) is 0 Å². The third kappa shape index (κ3) is 4.46. The summed E-state index contributed by atoms with van der Waals surface area (Å²) in [4.78, 5) is 13.9. The number of phenolic OH excluding ortho intramolecular Hbond substituents is 1. The molecule has 1 aliphatic heterocycles. The first-order valence-corrected chi connectivity index (χ1v) is 7.11. The average molecular weight is 291 g/mol. The van der Waals surface area contributed by atoms with E-state index in [1.807, 2.05) is 0 Å². The lowest BCUT2D eigenvalue weighted by molar-refractivity contribution is -0.122. The molecule has 0 aliphatic carbocycles. The molecule has 2 N–H and O–H groups in total. The number of benzene rings is 1. The predicted molar refractivity (Wildman–Crippen MR) is 80.7 cm³/mol. The molecule has 1 aliphatic rings. The Hall–Kier alpha value is -2.08. The highest BCUT2D eigenvalue weighted by atomic mass is 16.5. The van der Waals surface area contributed by atoms with E-state index >= 15 is 0 Å². The Kier molecular flexibility index (Phi) is 5.57. The van der Waals surface area contributed by atoms with Crippen LogP contribution in [0.5, 0.6) is 11.5 Å². The Balaban J connectivity index is 1.85. The first-order chi connectivity index (χ1) is 10.2. The second kappa shape index (κ2) is 7.64. The maximum Gasteiger partial charge on any atom is 0.254 e. The Morgan fingerprint density at radius 2 is 2.19 bits per heavy atom. The summed E-state index contributed by atoms with van der Waals surface area (Å²) in [5.41, 5.74) is 2.97. The first-order valence-electron chi connectivity index (χ1n) is 7.11. The number of hydrogen-bond donors (Lipinski definition) is 2. The fraction of sp³-hybridized carbons (Fsp3) is 0.467. The third-order valence-corrected chi connectivity index (χ3v) is 3.46. The summed E-state index contributed by atoms with van der Waals surface area (Å²) >= 11 is 0. The SMILES string of the molecule is COc1cccc(/C=N\NC(=O)CN2CCCCC2)c1O. The molecule has 0 spiro atoms. The molecule has 21 heavy (non-hydrogen) atoms. The number of para-hydroxylation sites is 1. The highest BCUT2D eigenvalue weighted by Gasteiger charge is 2.13. The molecule has 2 rings (SSSR count). The van der Waals surface area contributed by atoms with E-state index in [1.54, 1.807) is 18.2 Å². The molecule has 6 heteroatoms. The molecule has 1 aromatic rings. The number of carbonyl (C=O) groups excluding carboxylic acids is 1. The van der Waals surface area contributed by atoms with Gasteiger partial charge in [-0.3, -0.25) is 9.69 Å². The van der Waals surface area contributed by atoms with Gasteiger partial charge in [0.15, 0.2) is 11.5 Å². The smallest absolute Gasteiger partial charge is 0.254 e. The third-order valence-electron chi connectivity index (χ3n) is 3.46. The van der Waals surface area contributed by atoms with Crippen molar-refractivity contribution in [2.75, 3.05) is 26.7 Å². The lowest BCUT2D eigenvalue weighted by Crippen LogP contribution is -2.38. The van der Waals surface area contributed by atoms with Crippen LogP contribution < -0.4 is 10.2 Å². The minimum absolute atomic E-state index is 0.00836. The molecule has 1 aromatic carbocycles. The van der Waals surface area contributed by atoms with E-state index in [0.717, 1.165) is 25.9 Å². The quantitative estimate of drug-likeness (QED) is 0.634. The number of hydrogen-bond acceptors (Lipinski definition) is 5. The molecular formula is C15H21N3O3. The Labute approximate surface area is 124 Å². The van der Waals surface area contributed by atoms with Crippen molar-refractivity contribution < 1.29 is 14.6 Å². The highest BCUT2D eigenvalue weighted by molar-refractivity contribution is 5.86. The van der Waals surface area contributed by atoms with Crippen molar-refractivity contribution in [3.05, 3.63) is 23.8 Å². The zero-order valence-electron chi connectivity index (χ0n) is 12.2. The largest absolute Gasteiger partial charge is 0.504 e. The van der Waals surface area contributed by atoms with Gasteiger partial charge in [-0.25, -0.2) is 5.43 Å². The summed E-state index contributed by atoms with van der Waals surface area (Å²) in [6.45, 7) is 2.29. The van der Waals surface area contributed by atoms with E-state index in [1.165, 1.54) is 19.7 Å². The summed E-state index contributed by atoms with van der Waals surface area (Å²) in [5.74, 6) is 0.239. The number of ether oxygens (including phenoxy) is 1. The number of aromatic hydroxyl groups is 1. The van der Waals surface area contributed by atoms with Gasteiger partial charge in [0.05, 0.1) is 19.9 Å². The van der Waals surface area contributed by atoms with Crippen molar-refractivity contribution in [1.29, 1.82) is 0 Å². The number of piperidine rings is 1. The van der Waals surface area contributed by atoms with Gasteiger partial charge in [-0.2, -0.15) is 5.10 Å². The molecule has 1 heterocycles. The summed E-state index contributed by atoms with van der Waals surface area (Å²) in [5, 5.41) is 13.8. The zero-order chi connectivity index (χ0) is 15.1. The molecule has 1 saturated heterocycles. The van der Waals surface area contributed by atoms with Crippen molar-refractivity contribution in [3.8, 4) is 11.5 Å². The Morgan fingerprint density at radius 3 is 2.90 bits per heavy atom. The molecule has 0 atom stereocenters. The van der Waals surface area contributed by atoms with Crippen LogP contribution in [0.2, 0.25) is 0 Å². The normalized spacial score (nSPS) is 16.0. The molecule has 0 aromatic heterocycles. The maximum atomic E-state index is 11.8. The topological polar surface area (TPSA) is 74.2 Å². The number of phenols is 1. The number of amides is 1. The zero-order valence-corrected chi connectivity index (χ0v) is 12.2. The van der Waals surface area contributed by atoms with Gasteiger partial charge in [0, 0.05) is 5.56 Å². The lowest BCUT2D eigenvalue weighted by atomic mass is 10.1. The van der Waals surface area contributed by atoms with Crippen LogP contribution in [0.3, 0.4) is 0 Å². The molecule has 0 bridgehead atoms. The molecular weight excluding hydrogens is 270 g/mol. The van der Waals surface area contributed by atoms with Crippen molar-refractivity contribution >= 4 is 12.1 Å². The number of nitrogens with one attached hydrogen (secondary N) is 1. The van der Waals surface area contributed by atoms with Crippen LogP contribution in [0.25, 0.3) is 0 Å². The second-order valence-corrected chi connectivity index (χ2v) is 5.03. The van der Waals surface area contributed by atoms with E-state index < -0.39 is 0 Å². The van der Waals surface area contributed by atoms with Crippen LogP contribution in [-0.4, -0.2) is 48.9 Å². The number of carbonyl (C=O) groups is 1. The molecule has 0 radical (unpaired) electrons. The summed E-state index contributed by atoms with van der Waals surface area (Å²) in [6.07, 6.45) is 4.94. The minimum Gasteiger partial charge on any atom is -0.504 e. The standard InChI is InChI=1S/C15H21N3O3/c1-21-13-7-5-6-12(15(13)20)10-16-17-14(19)11-18-8-3-2-4-9-18/h5-7,10,20H,2-4,8-9,11H2,1H3,(H,17,19)/b16-10-. The van der Waals surface area contributed by atoms with Crippen LogP contribution in [0, 0.1) is 0 Å². The average Bonchev–Trinajstić information content (AvgIpc) is 2.50. The van der Waals surface area contributed by atoms with E-state index in [2.05, 4.69) is 15.4 Å². The molecule has 6 nitrogen and oxygen atoms in total. The number of methoxy groups -OCH3 is 1. The fourth-order valence-corrected chi connectivity index (χ4v) is 2.34. The number of likely N-dealkylation sites (tertiary alicyclic amines) is 1. The van der Waals surface area contributed by atoms with E-state index in [9.17, 15) is 9.90 Å². The lowest BCUT2D eigenvalue weighted by Gasteiger charge is -2.25. The second-order valence-electron chi connectivity index (χ2n) is 5.03. The van der Waals surface area contributed by atoms with E-state index in [-0.39, 0.29) is 11.7 Å². The van der Waals surface area contributed by atoms with Crippen LogP contribution in [0.1, 0.15) is 24.8 Å². The molecule has 0 saturated carbocycles. The van der Waals surface area contributed by atoms with Gasteiger partial charge in [0.25, 0.3) is 5.91 Å². The van der Waals surface area contributed by atoms with Crippen molar-refractivity contribution in [2.45, 2.75) is 19.3 Å². The Bertz CT molecular complexity index is 511. The molecule has 1 amide bonds. The van der Waals surface area contributed by atoms with E-state index in [0.29, 0.717) is 17.9 Å². The number of nitrogens with zero attached hydrogens (tertiary/aromatic N) is 2. The summed E-state index contributed by atoms with van der Waals surface area (Å²) in [7, 11) is 1.48. The highest BCUT2D eigenvalue weighted by Crippen LogP contribution is 2.27. The number of hydrazone groups is 1. The summed E-state index contributed by atoms with van der Waals surface area (Å²) in [6, 6.07) is 5.09. The van der Waals surface area contributed by atoms with Crippen LogP contribution in [-0.2, 0) is 4.79 Å². The minimum atomic E-state index is -0.143. The van der Waals surface area contributed by atoms with Crippen molar-refractivity contribution in [3.63, 3.8) is 0 Å². The van der Waals surface area contributed by atoms with Crippen molar-refractivity contribution in [2.24, 2.45) is 5.10 Å². The molecule has 1 fully saturated rings. The fourth-order valence-electron chi connectivity index (χ4n) is 2.34. The number of rotatable bonds is 5. The Morgan fingerprint density at radius 1 is 1.43 bits per heavy atom. The van der Waals surface area contributed by atoms with Gasteiger partial charge in [-0.1, -0.05) is 12.5 Å². The van der Waals surface area contributed by atoms with Gasteiger partial charge in [-0.05, 0) is 38.1 Å². The predicted octanol–water partition coefficient (Wildman–Crippen LogP) is 1.34. The molecule has 114 valence electrons. The monoisotopic (exact) mass is 291 g/mol. The van der Waals surface area contributed by atoms with Crippen LogP contribution >= 0.6 is 0 Å². The van der Waals surface area contributed by atoms with Gasteiger partial charge in [0.2, 0.25) is 0 Å². The van der Waals surface area contributed by atoms with Crippen LogP contribution in [0.15, 0.2) is 23.3 Å². The summed E-state index contributed by atoms with van der Waals surface area (Å²) < 4.78 is 5.01. The van der Waals surface area contributed by atoms with Crippen LogP contribution in [0.4, 0.5) is 0 Å². The molecule has 0 unspecified atom stereocenters. The first kappa shape index (κ1) is 15.3. The van der Waals surface area contributed by atoms with Crippen molar-refractivity contribution in [1.82, 2.24) is 10.3 Å². The van der Waals surface area contributed by atoms with Gasteiger partial charge >= 0.3 is 0 Å². The van der Waals surface area contributed by atoms with E-state index in [4.69, 9.17) is 4.74 Å². The maximum absolute atomic E-state index is 11.8.